The Bertz CT molecular complexity index is 784. The maximum absolute atomic E-state index is 13.0. The van der Waals surface area contributed by atoms with Gasteiger partial charge in [0.15, 0.2) is 0 Å². The molecule has 0 unspecified atom stereocenters. The Morgan fingerprint density at radius 1 is 1.04 bits per heavy atom. The lowest BCUT2D eigenvalue weighted by Crippen LogP contribution is -2.38. The van der Waals surface area contributed by atoms with E-state index >= 15 is 0 Å². The molecule has 3 rings (SSSR count). The van der Waals surface area contributed by atoms with E-state index in [9.17, 15) is 31.1 Å². The number of hydrogen-bond donors (Lipinski definition) is 0. The number of thiazole rings is 1. The number of carbonyl (C=O) groups is 1. The number of carbonyl (C=O) groups excluding carboxylic acids is 1. The van der Waals surface area contributed by atoms with E-state index in [2.05, 4.69) is 4.98 Å². The number of nitrogens with zero attached hydrogens (tertiary/aromatic N) is 2. The molecular formula is C17H14F6N2OS. The van der Waals surface area contributed by atoms with Crippen LogP contribution in [-0.2, 0) is 12.4 Å². The minimum Gasteiger partial charge on any atom is -0.329 e. The minimum atomic E-state index is -4.99. The van der Waals surface area contributed by atoms with Gasteiger partial charge in [-0.15, -0.1) is 11.3 Å². The van der Waals surface area contributed by atoms with Crippen LogP contribution in [0, 0.1) is 0 Å². The van der Waals surface area contributed by atoms with Gasteiger partial charge in [-0.1, -0.05) is 0 Å². The summed E-state index contributed by atoms with van der Waals surface area (Å²) >= 11 is 1.30. The Hall–Kier alpha value is -2.10. The topological polar surface area (TPSA) is 33.2 Å². The van der Waals surface area contributed by atoms with Gasteiger partial charge in [-0.25, -0.2) is 4.98 Å². The van der Waals surface area contributed by atoms with Crippen molar-refractivity contribution in [1.82, 2.24) is 9.88 Å². The predicted molar refractivity (Wildman–Crippen MR) is 86.2 cm³/mol. The van der Waals surface area contributed by atoms with Crippen molar-refractivity contribution in [3.8, 4) is 0 Å². The molecule has 0 spiro atoms. The first-order valence-electron chi connectivity index (χ1n) is 8.07. The zero-order valence-corrected chi connectivity index (χ0v) is 14.6. The zero-order valence-electron chi connectivity index (χ0n) is 13.8. The molecule has 10 heteroatoms. The number of likely N-dealkylation sites (tertiary alicyclic amines) is 1. The van der Waals surface area contributed by atoms with Crippen molar-refractivity contribution >= 4 is 17.2 Å². The first-order valence-corrected chi connectivity index (χ1v) is 8.95. The third-order valence-electron chi connectivity index (χ3n) is 4.33. The van der Waals surface area contributed by atoms with E-state index in [-0.39, 0.29) is 12.6 Å². The van der Waals surface area contributed by atoms with Crippen LogP contribution in [0.3, 0.4) is 0 Å². The van der Waals surface area contributed by atoms with E-state index in [4.69, 9.17) is 0 Å². The molecule has 2 aromatic rings. The number of benzene rings is 1. The number of aromatic nitrogens is 1. The van der Waals surface area contributed by atoms with E-state index in [0.29, 0.717) is 30.0 Å². The summed E-state index contributed by atoms with van der Waals surface area (Å²) in [6.07, 6.45) is -6.46. The molecule has 3 nitrogen and oxygen atoms in total. The molecule has 1 fully saturated rings. The second-order valence-corrected chi connectivity index (χ2v) is 7.10. The molecule has 1 amide bonds. The van der Waals surface area contributed by atoms with E-state index in [1.165, 1.54) is 16.2 Å². The van der Waals surface area contributed by atoms with Crippen LogP contribution in [0.15, 0.2) is 29.8 Å². The largest absolute Gasteiger partial charge is 0.416 e. The Labute approximate surface area is 154 Å². The number of halogens is 6. The molecule has 1 aromatic heterocycles. The summed E-state index contributed by atoms with van der Waals surface area (Å²) < 4.78 is 78.2. The highest BCUT2D eigenvalue weighted by molar-refractivity contribution is 7.09. The minimum absolute atomic E-state index is 0.0191. The van der Waals surface area contributed by atoms with Crippen molar-refractivity contribution in [1.29, 1.82) is 0 Å². The van der Waals surface area contributed by atoms with Crippen LogP contribution in [0.5, 0.6) is 0 Å². The lowest BCUT2D eigenvalue weighted by atomic mass is 9.99. The SMILES string of the molecule is O=C(c1cc(C(F)(F)F)cc(C(F)(F)F)c1)N1CCCC[C@@H]1c1nccs1. The second kappa shape index (κ2) is 7.14. The Morgan fingerprint density at radius 2 is 1.67 bits per heavy atom. The second-order valence-electron chi connectivity index (χ2n) is 6.18. The Balaban J connectivity index is 2.02. The average Bonchev–Trinajstić information content (AvgIpc) is 3.13. The van der Waals surface area contributed by atoms with Crippen LogP contribution in [-0.4, -0.2) is 22.3 Å². The van der Waals surface area contributed by atoms with E-state index in [1.54, 1.807) is 11.6 Å². The monoisotopic (exact) mass is 408 g/mol. The molecular weight excluding hydrogens is 394 g/mol. The first kappa shape index (κ1) is 19.7. The van der Waals surface area contributed by atoms with E-state index < -0.39 is 41.0 Å². The summed E-state index contributed by atoms with van der Waals surface area (Å²) in [5.41, 5.74) is -3.62. The molecule has 1 atom stereocenters. The number of alkyl halides is 6. The molecule has 0 aliphatic carbocycles. The van der Waals surface area contributed by atoms with Gasteiger partial charge < -0.3 is 4.90 Å². The number of hydrogen-bond acceptors (Lipinski definition) is 3. The fourth-order valence-corrected chi connectivity index (χ4v) is 3.86. The number of amides is 1. The third-order valence-corrected chi connectivity index (χ3v) is 5.21. The van der Waals surface area contributed by atoms with Gasteiger partial charge in [0.25, 0.3) is 5.91 Å². The van der Waals surface area contributed by atoms with Crippen molar-refractivity contribution in [2.24, 2.45) is 0 Å². The van der Waals surface area contributed by atoms with Crippen LogP contribution >= 0.6 is 11.3 Å². The maximum Gasteiger partial charge on any atom is 0.416 e. The summed E-state index contributed by atoms with van der Waals surface area (Å²) in [6, 6.07) is 0.525. The van der Waals surface area contributed by atoms with Crippen molar-refractivity contribution in [3.05, 3.63) is 51.5 Å². The molecule has 27 heavy (non-hydrogen) atoms. The molecule has 146 valence electrons. The van der Waals surface area contributed by atoms with Crippen molar-refractivity contribution in [3.63, 3.8) is 0 Å². The van der Waals surface area contributed by atoms with Gasteiger partial charge in [-0.2, -0.15) is 26.3 Å². The van der Waals surface area contributed by atoms with E-state index in [1.807, 2.05) is 0 Å². The van der Waals surface area contributed by atoms with Gasteiger partial charge in [-0.05, 0) is 37.5 Å². The smallest absolute Gasteiger partial charge is 0.329 e. The van der Waals surface area contributed by atoms with Crippen molar-refractivity contribution < 1.29 is 31.1 Å². The summed E-state index contributed by atoms with van der Waals surface area (Å²) in [5.74, 6) is -0.855. The molecule has 1 aliphatic rings. The summed E-state index contributed by atoms with van der Waals surface area (Å²) in [7, 11) is 0. The lowest BCUT2D eigenvalue weighted by Gasteiger charge is -2.34. The van der Waals surface area contributed by atoms with Gasteiger partial charge in [0.1, 0.15) is 5.01 Å². The standard InChI is InChI=1S/C17H14F6N2OS/c18-16(19,20)11-7-10(8-12(9-11)17(21,22)23)15(26)25-5-2-1-3-13(25)14-24-4-6-27-14/h4,6-9,13H,1-3,5H2/t13-/m1/s1. The van der Waals surface area contributed by atoms with Crippen molar-refractivity contribution in [2.45, 2.75) is 37.7 Å². The quantitative estimate of drug-likeness (QED) is 0.611. The molecule has 0 N–H and O–H groups in total. The van der Waals surface area contributed by atoms with E-state index in [0.717, 1.165) is 6.42 Å². The summed E-state index contributed by atoms with van der Waals surface area (Å²) in [5, 5.41) is 2.32. The zero-order chi connectivity index (χ0) is 19.8. The maximum atomic E-state index is 13.0. The van der Waals surface area contributed by atoms with Crippen molar-refractivity contribution in [2.75, 3.05) is 6.54 Å². The van der Waals surface area contributed by atoms with Gasteiger partial charge in [0.2, 0.25) is 0 Å². The van der Waals surface area contributed by atoms with Crippen LogP contribution < -0.4 is 0 Å². The van der Waals surface area contributed by atoms with Gasteiger partial charge in [0.05, 0.1) is 17.2 Å². The van der Waals surface area contributed by atoms with Gasteiger partial charge in [-0.3, -0.25) is 4.79 Å². The fraction of sp³-hybridized carbons (Fsp3) is 0.412. The molecule has 0 radical (unpaired) electrons. The number of piperidine rings is 1. The molecule has 0 bridgehead atoms. The third kappa shape index (κ3) is 4.26. The molecule has 1 aliphatic heterocycles. The predicted octanol–water partition coefficient (Wildman–Crippen LogP) is 5.55. The Morgan fingerprint density at radius 3 is 2.19 bits per heavy atom. The number of rotatable bonds is 2. The van der Waals surface area contributed by atoms with Crippen LogP contribution in [0.4, 0.5) is 26.3 Å². The molecule has 1 saturated heterocycles. The highest BCUT2D eigenvalue weighted by Crippen LogP contribution is 2.38. The van der Waals surface area contributed by atoms with Gasteiger partial charge in [0, 0.05) is 23.7 Å². The summed E-state index contributed by atoms with van der Waals surface area (Å²) in [6.45, 7) is 0.251. The molecule has 0 saturated carbocycles. The van der Waals surface area contributed by atoms with Crippen LogP contribution in [0.25, 0.3) is 0 Å². The Kier molecular flexibility index (Phi) is 5.20. The van der Waals surface area contributed by atoms with Crippen LogP contribution in [0.2, 0.25) is 0 Å². The normalized spacial score (nSPS) is 18.6. The highest BCUT2D eigenvalue weighted by Gasteiger charge is 2.39. The average molecular weight is 408 g/mol. The molecule has 1 aromatic carbocycles. The van der Waals surface area contributed by atoms with Crippen LogP contribution in [0.1, 0.15) is 51.8 Å². The molecule has 2 heterocycles. The first-order chi connectivity index (χ1) is 12.6. The fourth-order valence-electron chi connectivity index (χ4n) is 3.07. The summed E-state index contributed by atoms with van der Waals surface area (Å²) in [4.78, 5) is 18.3. The van der Waals surface area contributed by atoms with Gasteiger partial charge >= 0.3 is 12.4 Å². The lowest BCUT2D eigenvalue weighted by molar-refractivity contribution is -0.143. The highest BCUT2D eigenvalue weighted by atomic mass is 32.1.